The number of benzene rings is 1. The van der Waals surface area contributed by atoms with Gasteiger partial charge in [0.2, 0.25) is 0 Å². The van der Waals surface area contributed by atoms with Gasteiger partial charge < -0.3 is 4.42 Å². The Morgan fingerprint density at radius 1 is 1.18 bits per heavy atom. The van der Waals surface area contributed by atoms with Gasteiger partial charge in [0, 0.05) is 11.1 Å². The molecule has 1 aromatic carbocycles. The third-order valence-corrected chi connectivity index (χ3v) is 4.73. The Morgan fingerprint density at radius 2 is 1.91 bits per heavy atom. The number of hydrogen-bond acceptors (Lipinski definition) is 4. The highest BCUT2D eigenvalue weighted by molar-refractivity contribution is 14.1. The maximum absolute atomic E-state index is 12.3. The van der Waals surface area contributed by atoms with Gasteiger partial charge in [-0.15, -0.1) is 0 Å². The molecule has 0 aliphatic carbocycles. The fourth-order valence-electron chi connectivity index (χ4n) is 1.94. The topological polar surface area (TPSA) is 50.5 Å². The fraction of sp³-hybridized carbons (Fsp3) is 0.0667. The molecular formula is C15H9ClINO3S. The molecule has 0 unspecified atom stereocenters. The molecule has 1 aromatic heterocycles. The molecule has 2 heterocycles. The first-order chi connectivity index (χ1) is 10.5. The molecule has 1 fully saturated rings. The standard InChI is InChI=1S/C15H9ClINO3S/c16-10-3-1-9(2-4-10)8-18-14(19)12(22-15(18)20)7-11-5-6-13(17)21-11/h1-7H,8H2/b12-7-. The van der Waals surface area contributed by atoms with Crippen LogP contribution in [0.4, 0.5) is 4.79 Å². The molecule has 0 bridgehead atoms. The molecule has 1 aliphatic heterocycles. The molecule has 4 nitrogen and oxygen atoms in total. The SMILES string of the molecule is O=C1S/C(=C\c2ccc(I)o2)C(=O)N1Cc1ccc(Cl)cc1. The first kappa shape index (κ1) is 15.6. The Hall–Kier alpha value is -1.25. The predicted octanol–water partition coefficient (Wildman–Crippen LogP) is 4.77. The van der Waals surface area contributed by atoms with Crippen molar-refractivity contribution in [2.75, 3.05) is 0 Å². The molecular weight excluding hydrogens is 437 g/mol. The minimum Gasteiger partial charge on any atom is -0.451 e. The summed E-state index contributed by atoms with van der Waals surface area (Å²) in [6.07, 6.45) is 1.59. The van der Waals surface area contributed by atoms with Crippen molar-refractivity contribution in [2.24, 2.45) is 0 Å². The number of carbonyl (C=O) groups is 2. The van der Waals surface area contributed by atoms with Crippen LogP contribution in [0.2, 0.25) is 5.02 Å². The summed E-state index contributed by atoms with van der Waals surface area (Å²) in [6, 6.07) is 10.6. The van der Waals surface area contributed by atoms with E-state index in [1.54, 1.807) is 42.5 Å². The molecule has 22 heavy (non-hydrogen) atoms. The number of carbonyl (C=O) groups excluding carboxylic acids is 2. The molecule has 2 aromatic rings. The monoisotopic (exact) mass is 445 g/mol. The molecule has 0 atom stereocenters. The molecule has 0 N–H and O–H groups in total. The summed E-state index contributed by atoms with van der Waals surface area (Å²) < 4.78 is 6.12. The summed E-state index contributed by atoms with van der Waals surface area (Å²) in [5, 5.41) is 0.331. The van der Waals surface area contributed by atoms with E-state index in [0.717, 1.165) is 21.1 Å². The van der Waals surface area contributed by atoms with Crippen LogP contribution in [0.25, 0.3) is 6.08 Å². The van der Waals surface area contributed by atoms with Crippen molar-refractivity contribution < 1.29 is 14.0 Å². The highest BCUT2D eigenvalue weighted by atomic mass is 127. The molecule has 1 aliphatic rings. The molecule has 3 rings (SSSR count). The third-order valence-electron chi connectivity index (χ3n) is 2.99. The summed E-state index contributed by atoms with van der Waals surface area (Å²) in [6.45, 7) is 0.231. The zero-order valence-electron chi connectivity index (χ0n) is 11.1. The van der Waals surface area contributed by atoms with Crippen molar-refractivity contribution in [1.29, 1.82) is 0 Å². The van der Waals surface area contributed by atoms with Gasteiger partial charge in [-0.1, -0.05) is 23.7 Å². The van der Waals surface area contributed by atoms with Crippen LogP contribution in [0, 0.1) is 3.77 Å². The van der Waals surface area contributed by atoms with Gasteiger partial charge in [0.15, 0.2) is 3.77 Å². The van der Waals surface area contributed by atoms with E-state index in [9.17, 15) is 9.59 Å². The molecule has 2 amide bonds. The summed E-state index contributed by atoms with van der Waals surface area (Å²) in [4.78, 5) is 26.0. The molecule has 1 saturated heterocycles. The van der Waals surface area contributed by atoms with Crippen LogP contribution in [0.1, 0.15) is 11.3 Å². The van der Waals surface area contributed by atoms with Crippen molar-refractivity contribution in [3.8, 4) is 0 Å². The second-order valence-corrected chi connectivity index (χ2v) is 7.03. The second-order valence-electron chi connectivity index (χ2n) is 4.54. The van der Waals surface area contributed by atoms with Crippen molar-refractivity contribution in [3.05, 3.63) is 61.4 Å². The van der Waals surface area contributed by atoms with Crippen LogP contribution in [0.5, 0.6) is 0 Å². The first-order valence-electron chi connectivity index (χ1n) is 6.28. The summed E-state index contributed by atoms with van der Waals surface area (Å²) in [5.74, 6) is 0.248. The van der Waals surface area contributed by atoms with E-state index in [2.05, 4.69) is 0 Å². The quantitative estimate of drug-likeness (QED) is 0.504. The first-order valence-corrected chi connectivity index (χ1v) is 8.55. The Bertz CT molecular complexity index is 769. The van der Waals surface area contributed by atoms with Crippen LogP contribution in [-0.4, -0.2) is 16.0 Å². The van der Waals surface area contributed by atoms with Gasteiger partial charge in [-0.25, -0.2) is 0 Å². The molecule has 112 valence electrons. The molecule has 7 heteroatoms. The maximum Gasteiger partial charge on any atom is 0.293 e. The number of imide groups is 1. The van der Waals surface area contributed by atoms with Crippen LogP contribution in [-0.2, 0) is 11.3 Å². The van der Waals surface area contributed by atoms with Crippen LogP contribution in [0.15, 0.2) is 45.7 Å². The average molecular weight is 446 g/mol. The van der Waals surface area contributed by atoms with Gasteiger partial charge in [0.05, 0.1) is 11.4 Å². The predicted molar refractivity (Wildman–Crippen MR) is 94.4 cm³/mol. The molecule has 0 radical (unpaired) electrons. The normalized spacial score (nSPS) is 16.8. The highest BCUT2D eigenvalue weighted by Gasteiger charge is 2.35. The van der Waals surface area contributed by atoms with Crippen LogP contribution < -0.4 is 0 Å². The lowest BCUT2D eigenvalue weighted by Crippen LogP contribution is -2.27. The maximum atomic E-state index is 12.3. The van der Waals surface area contributed by atoms with Crippen molar-refractivity contribution in [1.82, 2.24) is 4.90 Å². The highest BCUT2D eigenvalue weighted by Crippen LogP contribution is 2.33. The van der Waals surface area contributed by atoms with Gasteiger partial charge in [0.25, 0.3) is 11.1 Å². The zero-order valence-corrected chi connectivity index (χ0v) is 14.8. The molecule has 0 spiro atoms. The number of furan rings is 1. The van der Waals surface area contributed by atoms with Crippen LogP contribution >= 0.6 is 46.0 Å². The summed E-state index contributed by atoms with van der Waals surface area (Å²) in [5.41, 5.74) is 0.848. The number of nitrogens with zero attached hydrogens (tertiary/aromatic N) is 1. The lowest BCUT2D eigenvalue weighted by Gasteiger charge is -2.12. The Balaban J connectivity index is 1.79. The number of halogens is 2. The Labute approximate surface area is 149 Å². The largest absolute Gasteiger partial charge is 0.451 e. The van der Waals surface area contributed by atoms with E-state index in [0.29, 0.717) is 15.7 Å². The minimum absolute atomic E-state index is 0.231. The number of hydrogen-bond donors (Lipinski definition) is 0. The van der Waals surface area contributed by atoms with E-state index in [4.69, 9.17) is 16.0 Å². The van der Waals surface area contributed by atoms with E-state index >= 15 is 0 Å². The zero-order chi connectivity index (χ0) is 15.7. The van der Waals surface area contributed by atoms with Crippen molar-refractivity contribution in [3.63, 3.8) is 0 Å². The van der Waals surface area contributed by atoms with Gasteiger partial charge in [0.1, 0.15) is 5.76 Å². The van der Waals surface area contributed by atoms with E-state index in [1.165, 1.54) is 4.90 Å². The Morgan fingerprint density at radius 3 is 2.55 bits per heavy atom. The van der Waals surface area contributed by atoms with Crippen molar-refractivity contribution >= 4 is 63.2 Å². The summed E-state index contributed by atoms with van der Waals surface area (Å²) in [7, 11) is 0. The van der Waals surface area contributed by atoms with Crippen molar-refractivity contribution in [2.45, 2.75) is 6.54 Å². The fourth-order valence-corrected chi connectivity index (χ4v) is 3.32. The number of thioether (sulfide) groups is 1. The van der Waals surface area contributed by atoms with Crippen LogP contribution in [0.3, 0.4) is 0 Å². The second kappa shape index (κ2) is 6.47. The smallest absolute Gasteiger partial charge is 0.293 e. The van der Waals surface area contributed by atoms with E-state index in [-0.39, 0.29) is 17.7 Å². The lowest BCUT2D eigenvalue weighted by atomic mass is 10.2. The average Bonchev–Trinajstić information content (AvgIpc) is 3.00. The Kier molecular flexibility index (Phi) is 4.60. The van der Waals surface area contributed by atoms with E-state index in [1.807, 2.05) is 22.6 Å². The van der Waals surface area contributed by atoms with Gasteiger partial charge in [-0.2, -0.15) is 0 Å². The van der Waals surface area contributed by atoms with E-state index < -0.39 is 0 Å². The lowest BCUT2D eigenvalue weighted by molar-refractivity contribution is -0.123. The number of rotatable bonds is 3. The number of amides is 2. The molecule has 0 saturated carbocycles. The van der Waals surface area contributed by atoms with Gasteiger partial charge in [-0.3, -0.25) is 14.5 Å². The third kappa shape index (κ3) is 3.39. The van der Waals surface area contributed by atoms with Gasteiger partial charge >= 0.3 is 0 Å². The van der Waals surface area contributed by atoms with Gasteiger partial charge in [-0.05, 0) is 64.2 Å². The summed E-state index contributed by atoms with van der Waals surface area (Å²) >= 11 is 8.79. The minimum atomic E-state index is -0.309.